The molecule has 0 radical (unpaired) electrons. The predicted molar refractivity (Wildman–Crippen MR) is 86.7 cm³/mol. The number of nitrogens with one attached hydrogen (secondary N) is 1. The number of aliphatic hydroxyl groups excluding tert-OH is 2. The van der Waals surface area contributed by atoms with Crippen LogP contribution in [-0.4, -0.2) is 60.0 Å². The van der Waals surface area contributed by atoms with E-state index in [2.05, 4.69) is 5.32 Å². The monoisotopic (exact) mass is 334 g/mol. The zero-order valence-corrected chi connectivity index (χ0v) is 13.4. The fraction of sp³-hybridized carbons (Fsp3) is 0.529. The van der Waals surface area contributed by atoms with Gasteiger partial charge >= 0.3 is 0 Å². The molecule has 24 heavy (non-hydrogen) atoms. The zero-order valence-electron chi connectivity index (χ0n) is 13.4. The van der Waals surface area contributed by atoms with E-state index in [1.807, 2.05) is 0 Å². The van der Waals surface area contributed by atoms with Gasteiger partial charge in [-0.3, -0.25) is 9.59 Å². The molecule has 2 aliphatic heterocycles. The van der Waals surface area contributed by atoms with Crippen LogP contribution in [0, 0.1) is 0 Å². The van der Waals surface area contributed by atoms with Gasteiger partial charge in [-0.15, -0.1) is 0 Å². The van der Waals surface area contributed by atoms with Crippen LogP contribution in [0.1, 0.15) is 29.6 Å². The molecule has 1 aromatic carbocycles. The number of carbonyl (C=O) groups is 2. The molecule has 130 valence electrons. The van der Waals surface area contributed by atoms with Crippen LogP contribution in [0.5, 0.6) is 0 Å². The summed E-state index contributed by atoms with van der Waals surface area (Å²) in [6.45, 7) is 0.802. The summed E-state index contributed by atoms with van der Waals surface area (Å²) in [5, 5.41) is 22.0. The van der Waals surface area contributed by atoms with Crippen molar-refractivity contribution in [1.82, 2.24) is 5.32 Å². The minimum atomic E-state index is -0.936. The fourth-order valence-electron chi connectivity index (χ4n) is 3.16. The Balaban J connectivity index is 1.64. The molecule has 3 atom stereocenters. The van der Waals surface area contributed by atoms with Gasteiger partial charge in [0, 0.05) is 30.8 Å². The molecule has 0 spiro atoms. The summed E-state index contributed by atoms with van der Waals surface area (Å²) in [4.78, 5) is 25.8. The van der Waals surface area contributed by atoms with Gasteiger partial charge in [-0.2, -0.15) is 0 Å². The molecule has 2 fully saturated rings. The van der Waals surface area contributed by atoms with Gasteiger partial charge in [-0.05, 0) is 37.1 Å². The minimum absolute atomic E-state index is 0.104. The first kappa shape index (κ1) is 16.9. The number of nitrogens with zero attached hydrogens (tertiary/aromatic N) is 1. The van der Waals surface area contributed by atoms with Crippen LogP contribution in [0.2, 0.25) is 0 Å². The summed E-state index contributed by atoms with van der Waals surface area (Å²) in [6.07, 6.45) is 0.302. The zero-order chi connectivity index (χ0) is 17.1. The topological polar surface area (TPSA) is 99.1 Å². The van der Waals surface area contributed by atoms with E-state index in [0.717, 1.165) is 12.1 Å². The summed E-state index contributed by atoms with van der Waals surface area (Å²) in [5.74, 6) is -0.190. The Morgan fingerprint density at radius 1 is 1.33 bits per heavy atom. The van der Waals surface area contributed by atoms with E-state index in [0.29, 0.717) is 31.6 Å². The molecule has 0 aliphatic carbocycles. The number of hydrogen-bond acceptors (Lipinski definition) is 5. The summed E-state index contributed by atoms with van der Waals surface area (Å²) in [6, 6.07) is 6.41. The Labute approximate surface area is 140 Å². The molecule has 0 bridgehead atoms. The third-order valence-corrected chi connectivity index (χ3v) is 4.56. The normalized spacial score (nSPS) is 27.3. The number of ether oxygens (including phenoxy) is 1. The molecular weight excluding hydrogens is 312 g/mol. The van der Waals surface area contributed by atoms with Crippen molar-refractivity contribution in [1.29, 1.82) is 0 Å². The molecule has 3 N–H and O–H groups in total. The first-order valence-corrected chi connectivity index (χ1v) is 8.22. The molecule has 0 saturated carbocycles. The first-order chi connectivity index (χ1) is 11.6. The molecule has 2 aliphatic rings. The standard InChI is InChI=1S/C17H22N2O5/c20-10-14-16(22)13(7-9-24-14)18-17(23)11-3-5-12(6-4-11)19-8-1-2-15(19)21/h3-6,13-14,16,20,22H,1-2,7-10H2,(H,18,23)/t13-,14+,16-/m0/s1. The second-order valence-electron chi connectivity index (χ2n) is 6.15. The van der Waals surface area contributed by atoms with Gasteiger partial charge in [-0.25, -0.2) is 0 Å². The second kappa shape index (κ2) is 7.29. The average Bonchev–Trinajstić information content (AvgIpc) is 3.03. The molecule has 2 amide bonds. The van der Waals surface area contributed by atoms with Crippen LogP contribution in [0.25, 0.3) is 0 Å². The van der Waals surface area contributed by atoms with Gasteiger partial charge in [0.2, 0.25) is 5.91 Å². The summed E-state index contributed by atoms with van der Waals surface area (Å²) in [5.41, 5.74) is 1.25. The van der Waals surface area contributed by atoms with E-state index in [-0.39, 0.29) is 18.4 Å². The number of anilines is 1. The molecule has 7 nitrogen and oxygen atoms in total. The lowest BCUT2D eigenvalue weighted by Crippen LogP contribution is -2.54. The van der Waals surface area contributed by atoms with E-state index in [1.165, 1.54) is 0 Å². The van der Waals surface area contributed by atoms with Crippen LogP contribution >= 0.6 is 0 Å². The highest BCUT2D eigenvalue weighted by Crippen LogP contribution is 2.22. The van der Waals surface area contributed by atoms with Crippen LogP contribution in [0.4, 0.5) is 5.69 Å². The Morgan fingerprint density at radius 3 is 2.71 bits per heavy atom. The van der Waals surface area contributed by atoms with E-state index in [9.17, 15) is 14.7 Å². The van der Waals surface area contributed by atoms with E-state index < -0.39 is 18.2 Å². The number of amides is 2. The minimum Gasteiger partial charge on any atom is -0.394 e. The Bertz CT molecular complexity index is 604. The van der Waals surface area contributed by atoms with Gasteiger partial charge < -0.3 is 25.2 Å². The van der Waals surface area contributed by atoms with Gasteiger partial charge in [0.1, 0.15) is 12.2 Å². The Hall–Kier alpha value is -1.96. The van der Waals surface area contributed by atoms with Gasteiger partial charge in [0.05, 0.1) is 12.6 Å². The van der Waals surface area contributed by atoms with E-state index >= 15 is 0 Å². The smallest absolute Gasteiger partial charge is 0.251 e. The van der Waals surface area contributed by atoms with Crippen molar-refractivity contribution in [3.8, 4) is 0 Å². The third kappa shape index (κ3) is 3.43. The van der Waals surface area contributed by atoms with Crippen molar-refractivity contribution in [2.75, 3.05) is 24.7 Å². The molecule has 7 heteroatoms. The maximum absolute atomic E-state index is 12.3. The van der Waals surface area contributed by atoms with Crippen LogP contribution in [0.15, 0.2) is 24.3 Å². The number of rotatable bonds is 4. The van der Waals surface area contributed by atoms with Gasteiger partial charge in [-0.1, -0.05) is 0 Å². The van der Waals surface area contributed by atoms with Crippen molar-refractivity contribution in [2.24, 2.45) is 0 Å². The SMILES string of the molecule is O=C(N[C@H]1CCO[C@H](CO)[C@H]1O)c1ccc(N2CCCC2=O)cc1. The summed E-state index contributed by atoms with van der Waals surface area (Å²) in [7, 11) is 0. The van der Waals surface area contributed by atoms with Crippen molar-refractivity contribution in [2.45, 2.75) is 37.5 Å². The molecule has 0 unspecified atom stereocenters. The largest absolute Gasteiger partial charge is 0.394 e. The molecule has 2 saturated heterocycles. The lowest BCUT2D eigenvalue weighted by molar-refractivity contribution is -0.117. The maximum atomic E-state index is 12.3. The van der Waals surface area contributed by atoms with E-state index in [1.54, 1.807) is 29.2 Å². The number of carbonyl (C=O) groups excluding carboxylic acids is 2. The third-order valence-electron chi connectivity index (χ3n) is 4.56. The molecule has 1 aromatic rings. The highest BCUT2D eigenvalue weighted by atomic mass is 16.5. The van der Waals surface area contributed by atoms with Crippen molar-refractivity contribution < 1.29 is 24.5 Å². The number of aliphatic hydroxyl groups is 2. The summed E-state index contributed by atoms with van der Waals surface area (Å²) < 4.78 is 5.25. The molecule has 2 heterocycles. The Kier molecular flexibility index (Phi) is 5.13. The highest BCUT2D eigenvalue weighted by molar-refractivity contribution is 5.97. The maximum Gasteiger partial charge on any atom is 0.251 e. The van der Waals surface area contributed by atoms with Crippen LogP contribution in [0.3, 0.4) is 0 Å². The second-order valence-corrected chi connectivity index (χ2v) is 6.15. The van der Waals surface area contributed by atoms with Crippen LogP contribution in [-0.2, 0) is 9.53 Å². The van der Waals surface area contributed by atoms with Crippen molar-refractivity contribution in [3.63, 3.8) is 0 Å². The van der Waals surface area contributed by atoms with Crippen molar-refractivity contribution >= 4 is 17.5 Å². The Morgan fingerprint density at radius 2 is 2.08 bits per heavy atom. The molecular formula is C17H22N2O5. The lowest BCUT2D eigenvalue weighted by atomic mass is 9.99. The first-order valence-electron chi connectivity index (χ1n) is 8.22. The highest BCUT2D eigenvalue weighted by Gasteiger charge is 2.33. The average molecular weight is 334 g/mol. The van der Waals surface area contributed by atoms with Gasteiger partial charge in [0.15, 0.2) is 0 Å². The number of hydrogen-bond donors (Lipinski definition) is 3. The molecule has 0 aromatic heterocycles. The van der Waals surface area contributed by atoms with Crippen LogP contribution < -0.4 is 10.2 Å². The van der Waals surface area contributed by atoms with Gasteiger partial charge in [0.25, 0.3) is 5.91 Å². The lowest BCUT2D eigenvalue weighted by Gasteiger charge is -2.34. The van der Waals surface area contributed by atoms with Crippen molar-refractivity contribution in [3.05, 3.63) is 29.8 Å². The van der Waals surface area contributed by atoms with E-state index in [4.69, 9.17) is 9.84 Å². The molecule has 3 rings (SSSR count). The quantitative estimate of drug-likeness (QED) is 0.723. The summed E-state index contributed by atoms with van der Waals surface area (Å²) >= 11 is 0. The number of benzene rings is 1. The fourth-order valence-corrected chi connectivity index (χ4v) is 3.16. The predicted octanol–water partition coefficient (Wildman–Crippen LogP) is 0.0539.